The molecule has 0 saturated heterocycles. The van der Waals surface area contributed by atoms with Crippen LogP contribution < -0.4 is 10.1 Å². The monoisotopic (exact) mass is 474 g/mol. The molecule has 1 N–H and O–H groups in total. The highest BCUT2D eigenvalue weighted by atomic mass is 79.9. The molecule has 30 heavy (non-hydrogen) atoms. The first-order valence-corrected chi connectivity index (χ1v) is 11.2. The van der Waals surface area contributed by atoms with Crippen LogP contribution in [0.25, 0.3) is 0 Å². The maximum atomic E-state index is 13.1. The molecule has 0 saturated carbocycles. The lowest BCUT2D eigenvalue weighted by atomic mass is 10.1. The predicted octanol–water partition coefficient (Wildman–Crippen LogP) is 4.86. The number of hydrogen-bond acceptors (Lipinski definition) is 3. The Morgan fingerprint density at radius 1 is 1.03 bits per heavy atom. The van der Waals surface area contributed by atoms with Crippen LogP contribution in [-0.2, 0) is 16.1 Å². The number of carbonyl (C=O) groups excluding carboxylic acids is 2. The van der Waals surface area contributed by atoms with Gasteiger partial charge in [-0.25, -0.2) is 0 Å². The summed E-state index contributed by atoms with van der Waals surface area (Å²) in [4.78, 5) is 27.6. The van der Waals surface area contributed by atoms with E-state index in [-0.39, 0.29) is 24.5 Å². The molecule has 0 fully saturated rings. The first-order valence-electron chi connectivity index (χ1n) is 10.4. The smallest absolute Gasteiger partial charge is 0.261 e. The number of aryl methyl sites for hydroxylation is 1. The number of nitrogens with zero attached hydrogens (tertiary/aromatic N) is 1. The number of ether oxygens (including phenoxy) is 1. The number of rotatable bonds is 10. The van der Waals surface area contributed by atoms with E-state index in [2.05, 4.69) is 21.2 Å². The number of benzene rings is 2. The maximum Gasteiger partial charge on any atom is 0.261 e. The summed E-state index contributed by atoms with van der Waals surface area (Å²) in [6, 6.07) is 14.8. The molecule has 162 valence electrons. The van der Waals surface area contributed by atoms with E-state index in [1.807, 2.05) is 64.1 Å². The summed E-state index contributed by atoms with van der Waals surface area (Å²) in [6.45, 7) is 8.16. The van der Waals surface area contributed by atoms with Gasteiger partial charge in [0.2, 0.25) is 5.91 Å². The van der Waals surface area contributed by atoms with E-state index in [1.165, 1.54) is 0 Å². The van der Waals surface area contributed by atoms with Crippen LogP contribution in [0, 0.1) is 6.92 Å². The van der Waals surface area contributed by atoms with E-state index in [0.29, 0.717) is 18.7 Å². The molecule has 0 aromatic heterocycles. The molecule has 6 heteroatoms. The lowest BCUT2D eigenvalue weighted by Crippen LogP contribution is -2.51. The molecule has 0 bridgehead atoms. The molecule has 0 unspecified atom stereocenters. The van der Waals surface area contributed by atoms with Crippen molar-refractivity contribution in [3.05, 3.63) is 64.1 Å². The fraction of sp³-hybridized carbons (Fsp3) is 0.417. The molecule has 0 aliphatic rings. The normalized spacial score (nSPS) is 12.7. The van der Waals surface area contributed by atoms with E-state index in [0.717, 1.165) is 22.0 Å². The number of hydrogen-bond donors (Lipinski definition) is 1. The Hall–Kier alpha value is -2.34. The second-order valence-electron chi connectivity index (χ2n) is 7.49. The van der Waals surface area contributed by atoms with E-state index in [9.17, 15) is 9.59 Å². The highest BCUT2D eigenvalue weighted by Gasteiger charge is 2.29. The average Bonchev–Trinajstić information content (AvgIpc) is 2.74. The van der Waals surface area contributed by atoms with Crippen LogP contribution in [-0.4, -0.2) is 35.4 Å². The summed E-state index contributed by atoms with van der Waals surface area (Å²) in [6.07, 6.45) is 1.36. The SMILES string of the molecule is CC[C@@H](C)NC(=O)[C@@H](CC)N(Cc1ccc(C)cc1)C(=O)COc1ccc(Br)cc1. The zero-order valence-electron chi connectivity index (χ0n) is 18.2. The molecular formula is C24H31BrN2O3. The van der Waals surface area contributed by atoms with Gasteiger partial charge in [0, 0.05) is 17.1 Å². The molecule has 0 aliphatic carbocycles. The lowest BCUT2D eigenvalue weighted by Gasteiger charge is -2.31. The summed E-state index contributed by atoms with van der Waals surface area (Å²) in [5, 5.41) is 3.01. The van der Waals surface area contributed by atoms with Crippen molar-refractivity contribution >= 4 is 27.7 Å². The van der Waals surface area contributed by atoms with Crippen LogP contribution in [0.5, 0.6) is 5.75 Å². The van der Waals surface area contributed by atoms with Crippen molar-refractivity contribution < 1.29 is 14.3 Å². The largest absolute Gasteiger partial charge is 0.484 e. The van der Waals surface area contributed by atoms with Crippen LogP contribution in [0.15, 0.2) is 53.0 Å². The summed E-state index contributed by atoms with van der Waals surface area (Å²) >= 11 is 3.39. The van der Waals surface area contributed by atoms with Crippen molar-refractivity contribution in [2.75, 3.05) is 6.61 Å². The van der Waals surface area contributed by atoms with Gasteiger partial charge in [0.25, 0.3) is 5.91 Å². The molecule has 0 spiro atoms. The Balaban J connectivity index is 2.19. The van der Waals surface area contributed by atoms with Gasteiger partial charge in [0.05, 0.1) is 0 Å². The fourth-order valence-electron chi connectivity index (χ4n) is 3.01. The van der Waals surface area contributed by atoms with Crippen molar-refractivity contribution in [2.45, 2.75) is 59.2 Å². The molecule has 2 amide bonds. The first kappa shape index (κ1) is 23.9. The second kappa shape index (κ2) is 11.7. The van der Waals surface area contributed by atoms with Gasteiger partial charge in [-0.2, -0.15) is 0 Å². The molecule has 2 aromatic carbocycles. The van der Waals surface area contributed by atoms with Crippen LogP contribution >= 0.6 is 15.9 Å². The molecule has 2 aromatic rings. The third-order valence-corrected chi connectivity index (χ3v) is 5.57. The van der Waals surface area contributed by atoms with Crippen LogP contribution in [0.1, 0.15) is 44.7 Å². The minimum absolute atomic E-state index is 0.0573. The minimum Gasteiger partial charge on any atom is -0.484 e. The van der Waals surface area contributed by atoms with Gasteiger partial charge >= 0.3 is 0 Å². The Morgan fingerprint density at radius 2 is 1.67 bits per heavy atom. The molecule has 2 atom stereocenters. The molecule has 0 aliphatic heterocycles. The Bertz CT molecular complexity index is 821. The highest BCUT2D eigenvalue weighted by Crippen LogP contribution is 2.18. The molecule has 2 rings (SSSR count). The third-order valence-electron chi connectivity index (χ3n) is 5.04. The third kappa shape index (κ3) is 7.17. The van der Waals surface area contributed by atoms with Crippen molar-refractivity contribution in [2.24, 2.45) is 0 Å². The van der Waals surface area contributed by atoms with Gasteiger partial charge in [-0.05, 0) is 56.5 Å². The quantitative estimate of drug-likeness (QED) is 0.534. The van der Waals surface area contributed by atoms with E-state index in [4.69, 9.17) is 4.74 Å². The van der Waals surface area contributed by atoms with E-state index >= 15 is 0 Å². The average molecular weight is 475 g/mol. The lowest BCUT2D eigenvalue weighted by molar-refractivity contribution is -0.143. The van der Waals surface area contributed by atoms with Crippen molar-refractivity contribution in [1.82, 2.24) is 10.2 Å². The van der Waals surface area contributed by atoms with Crippen molar-refractivity contribution in [3.63, 3.8) is 0 Å². The van der Waals surface area contributed by atoms with Gasteiger partial charge in [0.1, 0.15) is 11.8 Å². The number of amides is 2. The molecule has 5 nitrogen and oxygen atoms in total. The Labute approximate surface area is 187 Å². The topological polar surface area (TPSA) is 58.6 Å². The van der Waals surface area contributed by atoms with E-state index in [1.54, 1.807) is 17.0 Å². The summed E-state index contributed by atoms with van der Waals surface area (Å²) in [5.41, 5.74) is 2.13. The second-order valence-corrected chi connectivity index (χ2v) is 8.41. The number of carbonyl (C=O) groups is 2. The number of nitrogens with one attached hydrogen (secondary N) is 1. The maximum absolute atomic E-state index is 13.1. The minimum atomic E-state index is -0.554. The highest BCUT2D eigenvalue weighted by molar-refractivity contribution is 9.10. The summed E-state index contributed by atoms with van der Waals surface area (Å²) < 4.78 is 6.63. The summed E-state index contributed by atoms with van der Waals surface area (Å²) in [5.74, 6) is 0.263. The van der Waals surface area contributed by atoms with Gasteiger partial charge in [0.15, 0.2) is 6.61 Å². The fourth-order valence-corrected chi connectivity index (χ4v) is 3.27. The Morgan fingerprint density at radius 3 is 2.23 bits per heavy atom. The van der Waals surface area contributed by atoms with Gasteiger partial charge in [-0.15, -0.1) is 0 Å². The summed E-state index contributed by atoms with van der Waals surface area (Å²) in [7, 11) is 0. The molecular weight excluding hydrogens is 444 g/mol. The van der Waals surface area contributed by atoms with Gasteiger partial charge < -0.3 is 15.0 Å². The molecule has 0 heterocycles. The zero-order valence-corrected chi connectivity index (χ0v) is 19.7. The van der Waals surface area contributed by atoms with Crippen LogP contribution in [0.2, 0.25) is 0 Å². The van der Waals surface area contributed by atoms with E-state index < -0.39 is 6.04 Å². The number of halogens is 1. The van der Waals surface area contributed by atoms with Gasteiger partial charge in [-0.1, -0.05) is 59.6 Å². The zero-order chi connectivity index (χ0) is 22.1. The van der Waals surface area contributed by atoms with Crippen molar-refractivity contribution in [3.8, 4) is 5.75 Å². The van der Waals surface area contributed by atoms with Crippen molar-refractivity contribution in [1.29, 1.82) is 0 Å². The van der Waals surface area contributed by atoms with Crippen LogP contribution in [0.4, 0.5) is 0 Å². The Kier molecular flexibility index (Phi) is 9.37. The predicted molar refractivity (Wildman–Crippen MR) is 123 cm³/mol. The van der Waals surface area contributed by atoms with Gasteiger partial charge in [-0.3, -0.25) is 9.59 Å². The van der Waals surface area contributed by atoms with Crippen LogP contribution in [0.3, 0.4) is 0 Å². The molecule has 0 radical (unpaired) electrons. The first-order chi connectivity index (χ1) is 14.3. The standard InChI is InChI=1S/C24H31BrN2O3/c1-5-18(4)26-24(29)22(6-2)27(15-19-9-7-17(3)8-10-19)23(28)16-30-21-13-11-20(25)12-14-21/h7-14,18,22H,5-6,15-16H2,1-4H3,(H,26,29)/t18-,22-/m1/s1.